The van der Waals surface area contributed by atoms with Crippen molar-refractivity contribution in [2.45, 2.75) is 25.0 Å². The topological polar surface area (TPSA) is 98.1 Å². The molecule has 0 fully saturated rings. The lowest BCUT2D eigenvalue weighted by Gasteiger charge is -2.09. The van der Waals surface area contributed by atoms with Gasteiger partial charge in [0.2, 0.25) is 11.8 Å². The Hall–Kier alpha value is -3.30. The molecule has 1 aromatic heterocycles. The molecule has 172 valence electrons. The van der Waals surface area contributed by atoms with Crippen LogP contribution in [0.3, 0.4) is 0 Å². The standard InChI is InChI=1S/C23H24ClN5O3S/c1-3-12-29-20(14-21(30)25-17-8-10-19(11-9-17)32-4-2)27-28-23(29)33-15-22(31)26-18-7-5-6-16(24)13-18/h3,5-11,13H,1,4,12,14-15H2,2H3,(H,25,30)(H,26,31). The van der Waals surface area contributed by atoms with Gasteiger partial charge in [-0.1, -0.05) is 35.5 Å². The van der Waals surface area contributed by atoms with Gasteiger partial charge in [-0.15, -0.1) is 16.8 Å². The minimum absolute atomic E-state index is 0.0311. The van der Waals surface area contributed by atoms with Gasteiger partial charge in [0.25, 0.3) is 0 Å². The molecule has 2 amide bonds. The van der Waals surface area contributed by atoms with Crippen molar-refractivity contribution in [2.24, 2.45) is 0 Å². The number of rotatable bonds is 11. The van der Waals surface area contributed by atoms with Gasteiger partial charge in [0, 0.05) is 22.9 Å². The third-order valence-corrected chi connectivity index (χ3v) is 5.52. The first kappa shape index (κ1) is 24.3. The molecule has 3 rings (SSSR count). The van der Waals surface area contributed by atoms with E-state index in [2.05, 4.69) is 27.4 Å². The number of thioether (sulfide) groups is 1. The highest BCUT2D eigenvalue weighted by molar-refractivity contribution is 7.99. The van der Waals surface area contributed by atoms with Gasteiger partial charge in [-0.05, 0) is 49.4 Å². The van der Waals surface area contributed by atoms with Crippen LogP contribution in [0.1, 0.15) is 12.7 Å². The summed E-state index contributed by atoms with van der Waals surface area (Å²) in [5.74, 6) is 0.913. The van der Waals surface area contributed by atoms with E-state index in [1.807, 2.05) is 6.92 Å². The summed E-state index contributed by atoms with van der Waals surface area (Å²) in [5.41, 5.74) is 1.28. The van der Waals surface area contributed by atoms with Crippen LogP contribution in [0.4, 0.5) is 11.4 Å². The van der Waals surface area contributed by atoms with Gasteiger partial charge in [0.1, 0.15) is 11.6 Å². The Morgan fingerprint density at radius 2 is 1.88 bits per heavy atom. The van der Waals surface area contributed by atoms with Gasteiger partial charge in [0.15, 0.2) is 5.16 Å². The van der Waals surface area contributed by atoms with Crippen molar-refractivity contribution in [2.75, 3.05) is 23.0 Å². The number of nitrogens with one attached hydrogen (secondary N) is 2. The number of nitrogens with zero attached hydrogens (tertiary/aromatic N) is 3. The minimum atomic E-state index is -0.230. The molecule has 1 heterocycles. The van der Waals surface area contributed by atoms with E-state index < -0.39 is 0 Å². The third kappa shape index (κ3) is 7.37. The first-order chi connectivity index (χ1) is 16.0. The second kappa shape index (κ2) is 12.1. The van der Waals surface area contributed by atoms with E-state index in [-0.39, 0.29) is 24.0 Å². The lowest BCUT2D eigenvalue weighted by atomic mass is 10.3. The van der Waals surface area contributed by atoms with E-state index in [4.69, 9.17) is 16.3 Å². The fourth-order valence-corrected chi connectivity index (χ4v) is 3.87. The van der Waals surface area contributed by atoms with E-state index in [9.17, 15) is 9.59 Å². The molecule has 0 aliphatic carbocycles. The highest BCUT2D eigenvalue weighted by atomic mass is 35.5. The Morgan fingerprint density at radius 1 is 1.12 bits per heavy atom. The van der Waals surface area contributed by atoms with Gasteiger partial charge in [-0.2, -0.15) is 0 Å². The Balaban J connectivity index is 1.59. The highest BCUT2D eigenvalue weighted by Crippen LogP contribution is 2.20. The molecule has 3 aromatic rings. The second-order valence-corrected chi connectivity index (χ2v) is 8.21. The Labute approximate surface area is 201 Å². The predicted octanol–water partition coefficient (Wildman–Crippen LogP) is 4.43. The van der Waals surface area contributed by atoms with Crippen LogP contribution in [0.5, 0.6) is 5.75 Å². The summed E-state index contributed by atoms with van der Waals surface area (Å²) in [6.45, 7) is 6.66. The highest BCUT2D eigenvalue weighted by Gasteiger charge is 2.16. The summed E-state index contributed by atoms with van der Waals surface area (Å²) in [6.07, 6.45) is 1.72. The maximum atomic E-state index is 12.5. The summed E-state index contributed by atoms with van der Waals surface area (Å²) in [4.78, 5) is 24.8. The number of amides is 2. The van der Waals surface area contributed by atoms with Gasteiger partial charge >= 0.3 is 0 Å². The first-order valence-electron chi connectivity index (χ1n) is 10.2. The van der Waals surface area contributed by atoms with Crippen LogP contribution in [-0.2, 0) is 22.6 Å². The fourth-order valence-electron chi connectivity index (χ4n) is 2.91. The van der Waals surface area contributed by atoms with Gasteiger partial charge in [-0.25, -0.2) is 0 Å². The maximum Gasteiger partial charge on any atom is 0.234 e. The average molecular weight is 486 g/mol. The molecule has 0 aliphatic heterocycles. The Kier molecular flexibility index (Phi) is 8.91. The molecular weight excluding hydrogens is 462 g/mol. The average Bonchev–Trinajstić information content (AvgIpc) is 3.15. The van der Waals surface area contributed by atoms with Crippen molar-refractivity contribution >= 4 is 46.6 Å². The predicted molar refractivity (Wildman–Crippen MR) is 131 cm³/mol. The molecular formula is C23H24ClN5O3S. The lowest BCUT2D eigenvalue weighted by molar-refractivity contribution is -0.116. The number of allylic oxidation sites excluding steroid dienone is 1. The van der Waals surface area contributed by atoms with Gasteiger partial charge in [0.05, 0.1) is 18.8 Å². The maximum absolute atomic E-state index is 12.5. The van der Waals surface area contributed by atoms with Crippen LogP contribution >= 0.6 is 23.4 Å². The van der Waals surface area contributed by atoms with Crippen molar-refractivity contribution in [3.8, 4) is 5.75 Å². The molecule has 0 atom stereocenters. The molecule has 0 saturated carbocycles. The quantitative estimate of drug-likeness (QED) is 0.308. The van der Waals surface area contributed by atoms with Crippen LogP contribution in [0.25, 0.3) is 0 Å². The largest absolute Gasteiger partial charge is 0.494 e. The first-order valence-corrected chi connectivity index (χ1v) is 11.6. The number of ether oxygens (including phenoxy) is 1. The van der Waals surface area contributed by atoms with E-state index >= 15 is 0 Å². The minimum Gasteiger partial charge on any atom is -0.494 e. The summed E-state index contributed by atoms with van der Waals surface area (Å²) < 4.78 is 7.17. The molecule has 0 spiro atoms. The molecule has 0 aliphatic rings. The van der Waals surface area contributed by atoms with Crippen LogP contribution < -0.4 is 15.4 Å². The zero-order valence-electron chi connectivity index (χ0n) is 18.1. The summed E-state index contributed by atoms with van der Waals surface area (Å²) >= 11 is 7.17. The summed E-state index contributed by atoms with van der Waals surface area (Å²) in [7, 11) is 0. The lowest BCUT2D eigenvalue weighted by Crippen LogP contribution is -2.18. The van der Waals surface area contributed by atoms with Crippen LogP contribution in [0.15, 0.2) is 66.3 Å². The number of anilines is 2. The van der Waals surface area contributed by atoms with E-state index in [0.29, 0.717) is 40.5 Å². The van der Waals surface area contributed by atoms with Crippen molar-refractivity contribution in [1.82, 2.24) is 14.8 Å². The number of hydrogen-bond acceptors (Lipinski definition) is 6. The third-order valence-electron chi connectivity index (χ3n) is 4.31. The van der Waals surface area contributed by atoms with Crippen molar-refractivity contribution in [1.29, 1.82) is 0 Å². The molecule has 2 aromatic carbocycles. The molecule has 8 nitrogen and oxygen atoms in total. The van der Waals surface area contributed by atoms with E-state index in [0.717, 1.165) is 5.75 Å². The van der Waals surface area contributed by atoms with Gasteiger partial charge < -0.3 is 19.9 Å². The molecule has 0 radical (unpaired) electrons. The summed E-state index contributed by atoms with van der Waals surface area (Å²) in [5, 5.41) is 15.0. The smallest absolute Gasteiger partial charge is 0.234 e. The van der Waals surface area contributed by atoms with E-state index in [1.165, 1.54) is 11.8 Å². The molecule has 0 saturated heterocycles. The normalized spacial score (nSPS) is 10.5. The molecule has 10 heteroatoms. The van der Waals surface area contributed by atoms with Crippen molar-refractivity contribution < 1.29 is 14.3 Å². The van der Waals surface area contributed by atoms with Crippen molar-refractivity contribution in [3.05, 3.63) is 72.0 Å². The number of aromatic nitrogens is 3. The van der Waals surface area contributed by atoms with Crippen LogP contribution in [-0.4, -0.2) is 38.9 Å². The monoisotopic (exact) mass is 485 g/mol. The number of hydrogen-bond donors (Lipinski definition) is 2. The number of carbonyl (C=O) groups is 2. The van der Waals surface area contributed by atoms with Crippen molar-refractivity contribution in [3.63, 3.8) is 0 Å². The molecule has 0 bridgehead atoms. The van der Waals surface area contributed by atoms with Crippen LogP contribution in [0.2, 0.25) is 5.02 Å². The zero-order valence-corrected chi connectivity index (χ0v) is 19.7. The zero-order chi connectivity index (χ0) is 23.6. The molecule has 0 unspecified atom stereocenters. The second-order valence-electron chi connectivity index (χ2n) is 6.83. The molecule has 33 heavy (non-hydrogen) atoms. The van der Waals surface area contributed by atoms with E-state index in [1.54, 1.807) is 59.2 Å². The fraction of sp³-hybridized carbons (Fsp3) is 0.217. The number of benzene rings is 2. The Bertz CT molecular complexity index is 1120. The van der Waals surface area contributed by atoms with Gasteiger partial charge in [-0.3, -0.25) is 9.59 Å². The Morgan fingerprint density at radius 3 is 2.58 bits per heavy atom. The summed E-state index contributed by atoms with van der Waals surface area (Å²) in [6, 6.07) is 14.1. The van der Waals surface area contributed by atoms with Crippen LogP contribution in [0, 0.1) is 0 Å². The molecule has 2 N–H and O–H groups in total. The number of carbonyl (C=O) groups excluding carboxylic acids is 2. The SMILES string of the molecule is C=CCn1c(CC(=O)Nc2ccc(OCC)cc2)nnc1SCC(=O)Nc1cccc(Cl)c1. The number of halogens is 1.